The largest absolute Gasteiger partial charge is 0.466 e. The van der Waals surface area contributed by atoms with Gasteiger partial charge in [0.2, 0.25) is 5.91 Å². The quantitative estimate of drug-likeness (QED) is 0.0420. The summed E-state index contributed by atoms with van der Waals surface area (Å²) in [5.41, 5.74) is 0. The SMILES string of the molecule is CCCCCCCCCCCCCCCCC(=O)OCCCCCCCCCCCCCCCCCCC(=O)NC(CO)C(O)CCCCCCCCCCCCC. The van der Waals surface area contributed by atoms with Gasteiger partial charge < -0.3 is 20.3 Å². The van der Waals surface area contributed by atoms with E-state index < -0.39 is 12.1 Å². The number of esters is 1. The molecule has 0 bridgehead atoms. The van der Waals surface area contributed by atoms with E-state index in [0.29, 0.717) is 25.9 Å². The molecule has 0 spiro atoms. The molecule has 6 heteroatoms. The van der Waals surface area contributed by atoms with Crippen LogP contribution in [0.1, 0.15) is 296 Å². The Bertz CT molecular complexity index is 822. The van der Waals surface area contributed by atoms with Gasteiger partial charge in [0.05, 0.1) is 25.4 Å². The van der Waals surface area contributed by atoms with E-state index in [-0.39, 0.29) is 18.5 Å². The molecule has 346 valence electrons. The summed E-state index contributed by atoms with van der Waals surface area (Å²) in [5.74, 6) is -0.0356. The summed E-state index contributed by atoms with van der Waals surface area (Å²) in [4.78, 5) is 24.4. The monoisotopic (exact) mass is 822 g/mol. The third kappa shape index (κ3) is 44.4. The molecular weight excluding hydrogens is 719 g/mol. The fraction of sp³-hybridized carbons (Fsp3) is 0.962. The van der Waals surface area contributed by atoms with Crippen LogP contribution in [0.3, 0.4) is 0 Å². The molecule has 58 heavy (non-hydrogen) atoms. The predicted octanol–water partition coefficient (Wildman–Crippen LogP) is 15.6. The molecule has 0 aromatic carbocycles. The van der Waals surface area contributed by atoms with Gasteiger partial charge in [-0.3, -0.25) is 9.59 Å². The number of unbranched alkanes of at least 4 members (excludes halogenated alkanes) is 38. The zero-order valence-electron chi connectivity index (χ0n) is 39.3. The minimum Gasteiger partial charge on any atom is -0.466 e. The number of rotatable bonds is 49. The summed E-state index contributed by atoms with van der Waals surface area (Å²) in [6.07, 6.45) is 53.6. The molecule has 2 unspecified atom stereocenters. The number of nitrogens with one attached hydrogen (secondary N) is 1. The fourth-order valence-corrected chi connectivity index (χ4v) is 8.35. The van der Waals surface area contributed by atoms with Crippen molar-refractivity contribution in [3.05, 3.63) is 0 Å². The third-order valence-electron chi connectivity index (χ3n) is 12.4. The first kappa shape index (κ1) is 56.9. The van der Waals surface area contributed by atoms with E-state index in [1.165, 1.54) is 225 Å². The highest BCUT2D eigenvalue weighted by Crippen LogP contribution is 2.17. The lowest BCUT2D eigenvalue weighted by molar-refractivity contribution is -0.143. The highest BCUT2D eigenvalue weighted by molar-refractivity contribution is 5.76. The molecule has 1 amide bonds. The molecule has 0 rings (SSSR count). The summed E-state index contributed by atoms with van der Waals surface area (Å²) < 4.78 is 5.47. The molecule has 0 aliphatic carbocycles. The van der Waals surface area contributed by atoms with Crippen molar-refractivity contribution in [2.75, 3.05) is 13.2 Å². The molecule has 0 aliphatic rings. The van der Waals surface area contributed by atoms with Crippen molar-refractivity contribution in [2.24, 2.45) is 0 Å². The van der Waals surface area contributed by atoms with Gasteiger partial charge in [0.15, 0.2) is 0 Å². The van der Waals surface area contributed by atoms with E-state index in [0.717, 1.165) is 38.5 Å². The van der Waals surface area contributed by atoms with Gasteiger partial charge in [-0.05, 0) is 25.7 Å². The van der Waals surface area contributed by atoms with Crippen molar-refractivity contribution in [1.29, 1.82) is 0 Å². The summed E-state index contributed by atoms with van der Waals surface area (Å²) in [6, 6.07) is -0.543. The maximum absolute atomic E-state index is 12.4. The van der Waals surface area contributed by atoms with Gasteiger partial charge in [-0.2, -0.15) is 0 Å². The summed E-state index contributed by atoms with van der Waals surface area (Å²) >= 11 is 0. The molecule has 0 fully saturated rings. The maximum Gasteiger partial charge on any atom is 0.305 e. The van der Waals surface area contributed by atoms with Crippen LogP contribution in [0.5, 0.6) is 0 Å². The van der Waals surface area contributed by atoms with Gasteiger partial charge in [0.1, 0.15) is 0 Å². The Morgan fingerprint density at radius 1 is 0.414 bits per heavy atom. The first-order valence-corrected chi connectivity index (χ1v) is 26.3. The maximum atomic E-state index is 12.4. The number of amides is 1. The van der Waals surface area contributed by atoms with Crippen molar-refractivity contribution in [3.8, 4) is 0 Å². The zero-order valence-corrected chi connectivity index (χ0v) is 39.3. The van der Waals surface area contributed by atoms with Crippen molar-refractivity contribution in [1.82, 2.24) is 5.32 Å². The lowest BCUT2D eigenvalue weighted by Gasteiger charge is -2.22. The van der Waals surface area contributed by atoms with E-state index in [2.05, 4.69) is 19.2 Å². The Balaban J connectivity index is 3.39. The Hall–Kier alpha value is -1.14. The lowest BCUT2D eigenvalue weighted by atomic mass is 10.0. The number of hydrogen-bond donors (Lipinski definition) is 3. The van der Waals surface area contributed by atoms with E-state index in [1.54, 1.807) is 0 Å². The van der Waals surface area contributed by atoms with Crippen LogP contribution < -0.4 is 5.32 Å². The van der Waals surface area contributed by atoms with Crippen LogP contribution in [-0.4, -0.2) is 47.4 Å². The topological polar surface area (TPSA) is 95.9 Å². The molecule has 0 aliphatic heterocycles. The van der Waals surface area contributed by atoms with Crippen molar-refractivity contribution in [2.45, 2.75) is 309 Å². The van der Waals surface area contributed by atoms with Gasteiger partial charge in [0, 0.05) is 12.8 Å². The van der Waals surface area contributed by atoms with Crippen LogP contribution in [0.2, 0.25) is 0 Å². The Morgan fingerprint density at radius 3 is 1.05 bits per heavy atom. The fourth-order valence-electron chi connectivity index (χ4n) is 8.35. The van der Waals surface area contributed by atoms with E-state index in [1.807, 2.05) is 0 Å². The van der Waals surface area contributed by atoms with Gasteiger partial charge >= 0.3 is 5.97 Å². The van der Waals surface area contributed by atoms with Gasteiger partial charge in [-0.25, -0.2) is 0 Å². The number of aliphatic hydroxyl groups is 2. The zero-order chi connectivity index (χ0) is 42.3. The first-order chi connectivity index (χ1) is 28.5. The summed E-state index contributed by atoms with van der Waals surface area (Å²) in [7, 11) is 0. The highest BCUT2D eigenvalue weighted by atomic mass is 16.5. The number of carbonyl (C=O) groups excluding carboxylic acids is 2. The van der Waals surface area contributed by atoms with E-state index in [4.69, 9.17) is 4.74 Å². The van der Waals surface area contributed by atoms with Crippen LogP contribution in [-0.2, 0) is 14.3 Å². The Labute approximate surface area is 362 Å². The van der Waals surface area contributed by atoms with Crippen LogP contribution in [0, 0.1) is 0 Å². The average molecular weight is 822 g/mol. The first-order valence-electron chi connectivity index (χ1n) is 26.3. The highest BCUT2D eigenvalue weighted by Gasteiger charge is 2.20. The Kier molecular flexibility index (Phi) is 47.6. The smallest absolute Gasteiger partial charge is 0.305 e. The molecule has 3 N–H and O–H groups in total. The lowest BCUT2D eigenvalue weighted by Crippen LogP contribution is -2.45. The van der Waals surface area contributed by atoms with Crippen LogP contribution >= 0.6 is 0 Å². The molecular formula is C52H103NO5. The number of hydrogen-bond acceptors (Lipinski definition) is 5. The number of carbonyl (C=O) groups is 2. The van der Waals surface area contributed by atoms with Crippen molar-refractivity contribution >= 4 is 11.9 Å². The molecule has 0 heterocycles. The normalized spacial score (nSPS) is 12.6. The van der Waals surface area contributed by atoms with Crippen LogP contribution in [0.25, 0.3) is 0 Å². The van der Waals surface area contributed by atoms with Crippen LogP contribution in [0.4, 0.5) is 0 Å². The Morgan fingerprint density at radius 2 is 0.707 bits per heavy atom. The molecule has 0 radical (unpaired) electrons. The minimum absolute atomic E-state index is 0.00581. The second-order valence-corrected chi connectivity index (χ2v) is 18.2. The molecule has 2 atom stereocenters. The molecule has 6 nitrogen and oxygen atoms in total. The second-order valence-electron chi connectivity index (χ2n) is 18.2. The van der Waals surface area contributed by atoms with Crippen molar-refractivity contribution in [3.63, 3.8) is 0 Å². The van der Waals surface area contributed by atoms with Gasteiger partial charge in [-0.1, -0.05) is 258 Å². The predicted molar refractivity (Wildman–Crippen MR) is 250 cm³/mol. The molecule has 0 aromatic heterocycles. The van der Waals surface area contributed by atoms with Crippen LogP contribution in [0.15, 0.2) is 0 Å². The van der Waals surface area contributed by atoms with Crippen molar-refractivity contribution < 1.29 is 24.5 Å². The standard InChI is InChI=1S/C52H103NO5/c1-3-5-7-9-11-13-15-16-22-26-30-34-38-42-46-52(57)58-47-43-39-35-31-27-23-20-18-17-19-21-25-29-33-37-41-45-51(56)53-49(48-54)50(55)44-40-36-32-28-24-14-12-10-8-6-4-2/h49-50,54-55H,3-48H2,1-2H3,(H,53,56). The summed E-state index contributed by atoms with van der Waals surface area (Å²) in [5, 5.41) is 23.1. The minimum atomic E-state index is -0.665. The molecule has 0 saturated carbocycles. The van der Waals surface area contributed by atoms with Gasteiger partial charge in [-0.15, -0.1) is 0 Å². The molecule has 0 aromatic rings. The number of ether oxygens (including phenoxy) is 1. The van der Waals surface area contributed by atoms with Gasteiger partial charge in [0.25, 0.3) is 0 Å². The average Bonchev–Trinajstić information content (AvgIpc) is 3.22. The summed E-state index contributed by atoms with van der Waals surface area (Å²) in [6.45, 7) is 4.94. The third-order valence-corrected chi connectivity index (χ3v) is 12.4. The van der Waals surface area contributed by atoms with E-state index >= 15 is 0 Å². The second kappa shape index (κ2) is 48.5. The molecule has 0 saturated heterocycles. The van der Waals surface area contributed by atoms with E-state index in [9.17, 15) is 19.8 Å². The number of aliphatic hydroxyl groups excluding tert-OH is 2.